The van der Waals surface area contributed by atoms with Gasteiger partial charge in [0.2, 0.25) is 10.0 Å². The summed E-state index contributed by atoms with van der Waals surface area (Å²) in [6, 6.07) is 0.305. The number of hydrogen-bond donors (Lipinski definition) is 1. The maximum atomic E-state index is 11.6. The second kappa shape index (κ2) is 5.72. The van der Waals surface area contributed by atoms with Crippen LogP contribution in [0.4, 0.5) is 0 Å². The first kappa shape index (κ1) is 14.0. The summed E-state index contributed by atoms with van der Waals surface area (Å²) in [5.41, 5.74) is 7.42. The van der Waals surface area contributed by atoms with Gasteiger partial charge in [-0.15, -0.1) is 0 Å². The van der Waals surface area contributed by atoms with Crippen molar-refractivity contribution < 1.29 is 8.42 Å². The molecule has 0 aromatic rings. The van der Waals surface area contributed by atoms with E-state index in [-0.39, 0.29) is 0 Å². The highest BCUT2D eigenvalue weighted by molar-refractivity contribution is 7.88. The Bertz CT molecular complexity index is 417. The van der Waals surface area contributed by atoms with Crippen LogP contribution in [-0.4, -0.2) is 38.1 Å². The van der Waals surface area contributed by atoms with Gasteiger partial charge in [0.25, 0.3) is 0 Å². The molecule has 0 bridgehead atoms. The van der Waals surface area contributed by atoms with E-state index >= 15 is 0 Å². The van der Waals surface area contributed by atoms with Crippen molar-refractivity contribution in [1.29, 1.82) is 0 Å². The maximum absolute atomic E-state index is 11.6. The van der Waals surface area contributed by atoms with Crippen LogP contribution in [0.3, 0.4) is 0 Å². The van der Waals surface area contributed by atoms with Crippen molar-refractivity contribution in [3.8, 4) is 0 Å². The normalized spacial score (nSPS) is 33.8. The lowest BCUT2D eigenvalue weighted by molar-refractivity contribution is 0.300. The zero-order chi connectivity index (χ0) is 13.2. The van der Waals surface area contributed by atoms with Crippen LogP contribution in [-0.2, 0) is 10.0 Å². The van der Waals surface area contributed by atoms with Crippen LogP contribution >= 0.6 is 0 Å². The monoisotopic (exact) mass is 272 g/mol. The molecule has 2 atom stereocenters. The molecule has 0 aromatic carbocycles. The minimum absolute atomic E-state index is 0.305. The molecule has 2 N–H and O–H groups in total. The van der Waals surface area contributed by atoms with E-state index in [0.29, 0.717) is 25.0 Å². The summed E-state index contributed by atoms with van der Waals surface area (Å²) in [5, 5.41) is 0. The van der Waals surface area contributed by atoms with Crippen molar-refractivity contribution in [3.05, 3.63) is 11.6 Å². The summed E-state index contributed by atoms with van der Waals surface area (Å²) >= 11 is 0. The summed E-state index contributed by atoms with van der Waals surface area (Å²) in [6.45, 7) is 1.33. The standard InChI is InChI=1S/C13H24N2O2S/c1-18(16,17)15-7-3-5-12(10-15)8-11-4-2-6-13(14)9-11/h8,12-13H,2-7,9-10,14H2,1H3. The Hall–Kier alpha value is -0.390. The van der Waals surface area contributed by atoms with Crippen LogP contribution < -0.4 is 5.73 Å². The van der Waals surface area contributed by atoms with Gasteiger partial charge in [-0.1, -0.05) is 11.6 Å². The molecule has 1 saturated heterocycles. The average Bonchev–Trinajstić information content (AvgIpc) is 2.28. The van der Waals surface area contributed by atoms with E-state index in [1.165, 1.54) is 18.2 Å². The fourth-order valence-electron chi connectivity index (χ4n) is 3.03. The largest absolute Gasteiger partial charge is 0.327 e. The Morgan fingerprint density at radius 2 is 2.11 bits per heavy atom. The number of nitrogens with zero attached hydrogens (tertiary/aromatic N) is 1. The lowest BCUT2D eigenvalue weighted by Crippen LogP contribution is -2.38. The molecule has 1 saturated carbocycles. The summed E-state index contributed by atoms with van der Waals surface area (Å²) in [7, 11) is -3.03. The van der Waals surface area contributed by atoms with Crippen molar-refractivity contribution in [1.82, 2.24) is 4.31 Å². The first-order chi connectivity index (χ1) is 8.45. The highest BCUT2D eigenvalue weighted by atomic mass is 32.2. The van der Waals surface area contributed by atoms with E-state index in [4.69, 9.17) is 5.73 Å². The number of piperidine rings is 1. The van der Waals surface area contributed by atoms with Gasteiger partial charge in [-0.25, -0.2) is 12.7 Å². The van der Waals surface area contributed by atoms with Crippen molar-refractivity contribution >= 4 is 10.0 Å². The third-order valence-corrected chi connectivity index (χ3v) is 5.23. The minimum atomic E-state index is -3.03. The van der Waals surface area contributed by atoms with E-state index < -0.39 is 10.0 Å². The first-order valence-corrected chi connectivity index (χ1v) is 8.70. The molecule has 0 amide bonds. The molecule has 1 heterocycles. The van der Waals surface area contributed by atoms with Crippen LogP contribution in [0.1, 0.15) is 38.5 Å². The summed E-state index contributed by atoms with van der Waals surface area (Å²) < 4.78 is 24.7. The number of nitrogens with two attached hydrogens (primary N) is 1. The molecule has 0 spiro atoms. The SMILES string of the molecule is CS(=O)(=O)N1CCCC(C=C2CCCC(N)C2)C1. The smallest absolute Gasteiger partial charge is 0.211 e. The van der Waals surface area contributed by atoms with Gasteiger partial charge in [-0.3, -0.25) is 0 Å². The number of sulfonamides is 1. The fraction of sp³-hybridized carbons (Fsp3) is 0.846. The van der Waals surface area contributed by atoms with Crippen molar-refractivity contribution in [2.24, 2.45) is 11.7 Å². The van der Waals surface area contributed by atoms with E-state index in [9.17, 15) is 8.42 Å². The molecule has 2 unspecified atom stereocenters. The molecule has 0 aromatic heterocycles. The van der Waals surface area contributed by atoms with E-state index in [1.807, 2.05) is 0 Å². The number of rotatable bonds is 2. The molecule has 2 aliphatic rings. The molecule has 104 valence electrons. The predicted molar refractivity (Wildman–Crippen MR) is 73.7 cm³/mol. The highest BCUT2D eigenvalue weighted by Gasteiger charge is 2.25. The Kier molecular flexibility index (Phi) is 4.45. The molecule has 5 heteroatoms. The summed E-state index contributed by atoms with van der Waals surface area (Å²) in [4.78, 5) is 0. The summed E-state index contributed by atoms with van der Waals surface area (Å²) in [5.74, 6) is 0.383. The molecule has 4 nitrogen and oxygen atoms in total. The van der Waals surface area contributed by atoms with Gasteiger partial charge in [0.15, 0.2) is 0 Å². The Labute approximate surface area is 110 Å². The Morgan fingerprint density at radius 1 is 1.33 bits per heavy atom. The second-order valence-corrected chi connectivity index (χ2v) is 7.69. The van der Waals surface area contributed by atoms with Crippen LogP contribution in [0.15, 0.2) is 11.6 Å². The van der Waals surface area contributed by atoms with E-state index in [1.54, 1.807) is 4.31 Å². The zero-order valence-corrected chi connectivity index (χ0v) is 12.0. The van der Waals surface area contributed by atoms with Gasteiger partial charge in [0.05, 0.1) is 6.26 Å². The maximum Gasteiger partial charge on any atom is 0.211 e. The van der Waals surface area contributed by atoms with Gasteiger partial charge >= 0.3 is 0 Å². The van der Waals surface area contributed by atoms with Crippen LogP contribution in [0.5, 0.6) is 0 Å². The minimum Gasteiger partial charge on any atom is -0.327 e. The van der Waals surface area contributed by atoms with Gasteiger partial charge in [-0.2, -0.15) is 0 Å². The van der Waals surface area contributed by atoms with Crippen LogP contribution in [0, 0.1) is 5.92 Å². The first-order valence-electron chi connectivity index (χ1n) is 6.85. The van der Waals surface area contributed by atoms with E-state index in [0.717, 1.165) is 32.1 Å². The molecule has 1 aliphatic carbocycles. The van der Waals surface area contributed by atoms with Crippen molar-refractivity contribution in [2.45, 2.75) is 44.6 Å². The zero-order valence-electron chi connectivity index (χ0n) is 11.1. The fourth-order valence-corrected chi connectivity index (χ4v) is 3.95. The topological polar surface area (TPSA) is 63.4 Å². The lowest BCUT2D eigenvalue weighted by Gasteiger charge is -2.30. The van der Waals surface area contributed by atoms with E-state index in [2.05, 4.69) is 6.08 Å². The molecule has 18 heavy (non-hydrogen) atoms. The van der Waals surface area contributed by atoms with Crippen LogP contribution in [0.25, 0.3) is 0 Å². The average molecular weight is 272 g/mol. The molecule has 0 radical (unpaired) electrons. The third kappa shape index (κ3) is 3.80. The lowest BCUT2D eigenvalue weighted by atomic mass is 9.87. The van der Waals surface area contributed by atoms with Gasteiger partial charge in [0, 0.05) is 19.1 Å². The Morgan fingerprint density at radius 3 is 2.78 bits per heavy atom. The Balaban J connectivity index is 1.99. The van der Waals surface area contributed by atoms with Gasteiger partial charge < -0.3 is 5.73 Å². The molecule has 2 fully saturated rings. The van der Waals surface area contributed by atoms with Gasteiger partial charge in [-0.05, 0) is 44.4 Å². The number of hydrogen-bond acceptors (Lipinski definition) is 3. The molecule has 2 rings (SSSR count). The molecular formula is C13H24N2O2S. The quantitative estimate of drug-likeness (QED) is 0.775. The second-order valence-electron chi connectivity index (χ2n) is 5.70. The van der Waals surface area contributed by atoms with Gasteiger partial charge in [0.1, 0.15) is 0 Å². The molecule has 1 aliphatic heterocycles. The van der Waals surface area contributed by atoms with Crippen LogP contribution in [0.2, 0.25) is 0 Å². The van der Waals surface area contributed by atoms with Crippen molar-refractivity contribution in [2.75, 3.05) is 19.3 Å². The van der Waals surface area contributed by atoms with Crippen molar-refractivity contribution in [3.63, 3.8) is 0 Å². The highest BCUT2D eigenvalue weighted by Crippen LogP contribution is 2.27. The molecular weight excluding hydrogens is 248 g/mol. The predicted octanol–water partition coefficient (Wildman–Crippen LogP) is 1.49. The third-order valence-electron chi connectivity index (χ3n) is 3.96. The summed E-state index contributed by atoms with van der Waals surface area (Å²) in [6.07, 6.45) is 10.1.